The molecular weight excluding hydrogens is 324 g/mol. The fraction of sp³-hybridized carbons (Fsp3) is 0.429. The predicted molar refractivity (Wildman–Crippen MR) is 84.6 cm³/mol. The van der Waals surface area contributed by atoms with Gasteiger partial charge in [0.1, 0.15) is 0 Å². The molecule has 124 valence electrons. The SMILES string of the molecule is CC(=O)N1CC[NH+](CC(=O)Nc2ccc([N+](=O)[O-])cc2Cl)CC1. The molecule has 0 bridgehead atoms. The van der Waals surface area contributed by atoms with Crippen molar-refractivity contribution in [1.82, 2.24) is 4.90 Å². The number of nitrogens with one attached hydrogen (secondary N) is 2. The van der Waals surface area contributed by atoms with E-state index in [-0.39, 0.29) is 29.1 Å². The van der Waals surface area contributed by atoms with E-state index in [0.717, 1.165) is 4.90 Å². The van der Waals surface area contributed by atoms with Gasteiger partial charge in [-0.25, -0.2) is 0 Å². The van der Waals surface area contributed by atoms with E-state index in [0.29, 0.717) is 31.9 Å². The smallest absolute Gasteiger partial charge is 0.279 e. The van der Waals surface area contributed by atoms with Crippen LogP contribution in [0.25, 0.3) is 0 Å². The number of rotatable bonds is 4. The molecule has 1 aliphatic rings. The Morgan fingerprint density at radius 1 is 1.39 bits per heavy atom. The van der Waals surface area contributed by atoms with Crippen LogP contribution in [0, 0.1) is 10.1 Å². The molecule has 0 spiro atoms. The van der Waals surface area contributed by atoms with Crippen molar-refractivity contribution in [1.29, 1.82) is 0 Å². The van der Waals surface area contributed by atoms with Crippen molar-refractivity contribution in [2.75, 3.05) is 38.0 Å². The zero-order chi connectivity index (χ0) is 17.0. The summed E-state index contributed by atoms with van der Waals surface area (Å²) in [6.45, 7) is 4.49. The number of nitro benzene ring substituents is 1. The van der Waals surface area contributed by atoms with Gasteiger partial charge in [-0.3, -0.25) is 19.7 Å². The number of hydrogen-bond donors (Lipinski definition) is 2. The van der Waals surface area contributed by atoms with Crippen LogP contribution in [0.3, 0.4) is 0 Å². The van der Waals surface area contributed by atoms with Gasteiger partial charge < -0.3 is 15.1 Å². The average Bonchev–Trinajstić information content (AvgIpc) is 2.49. The number of quaternary nitrogens is 1. The molecule has 1 aromatic rings. The van der Waals surface area contributed by atoms with Gasteiger partial charge in [0.05, 0.1) is 41.8 Å². The molecule has 1 fully saturated rings. The highest BCUT2D eigenvalue weighted by atomic mass is 35.5. The lowest BCUT2D eigenvalue weighted by Gasteiger charge is -2.31. The Kier molecular flexibility index (Phi) is 5.51. The van der Waals surface area contributed by atoms with Crippen LogP contribution in [-0.2, 0) is 9.59 Å². The van der Waals surface area contributed by atoms with E-state index in [1.807, 2.05) is 0 Å². The summed E-state index contributed by atoms with van der Waals surface area (Å²) < 4.78 is 0. The lowest BCUT2D eigenvalue weighted by Crippen LogP contribution is -3.15. The summed E-state index contributed by atoms with van der Waals surface area (Å²) in [5.41, 5.74) is 0.225. The fourth-order valence-corrected chi connectivity index (χ4v) is 2.68. The Balaban J connectivity index is 1.88. The second-order valence-electron chi connectivity index (χ2n) is 5.40. The summed E-state index contributed by atoms with van der Waals surface area (Å²) in [7, 11) is 0. The molecule has 0 aliphatic carbocycles. The monoisotopic (exact) mass is 341 g/mol. The second kappa shape index (κ2) is 7.38. The van der Waals surface area contributed by atoms with E-state index < -0.39 is 4.92 Å². The summed E-state index contributed by atoms with van der Waals surface area (Å²) >= 11 is 5.94. The lowest BCUT2D eigenvalue weighted by molar-refractivity contribution is -0.895. The topological polar surface area (TPSA) is 97.0 Å². The highest BCUT2D eigenvalue weighted by Crippen LogP contribution is 2.26. The van der Waals surface area contributed by atoms with Crippen LogP contribution in [0.15, 0.2) is 18.2 Å². The molecule has 1 aromatic carbocycles. The minimum atomic E-state index is -0.546. The van der Waals surface area contributed by atoms with Crippen LogP contribution in [0.1, 0.15) is 6.92 Å². The van der Waals surface area contributed by atoms with Gasteiger partial charge in [0, 0.05) is 19.1 Å². The quantitative estimate of drug-likeness (QED) is 0.592. The van der Waals surface area contributed by atoms with Crippen molar-refractivity contribution in [3.8, 4) is 0 Å². The average molecular weight is 342 g/mol. The normalized spacial score (nSPS) is 15.3. The molecule has 0 unspecified atom stereocenters. The maximum atomic E-state index is 12.1. The molecule has 1 heterocycles. The van der Waals surface area contributed by atoms with Crippen LogP contribution in [0.5, 0.6) is 0 Å². The summed E-state index contributed by atoms with van der Waals surface area (Å²) in [4.78, 5) is 36.3. The van der Waals surface area contributed by atoms with Gasteiger partial charge in [-0.05, 0) is 6.07 Å². The molecule has 2 amide bonds. The number of nitro groups is 1. The molecule has 2 N–H and O–H groups in total. The third-order valence-corrected chi connectivity index (χ3v) is 4.08. The maximum absolute atomic E-state index is 12.1. The van der Waals surface area contributed by atoms with Gasteiger partial charge in [0.15, 0.2) is 6.54 Å². The minimum absolute atomic E-state index is 0.0474. The van der Waals surface area contributed by atoms with E-state index in [1.165, 1.54) is 25.1 Å². The number of hydrogen-bond acceptors (Lipinski definition) is 4. The summed E-state index contributed by atoms with van der Waals surface area (Å²) in [6, 6.07) is 3.91. The van der Waals surface area contributed by atoms with E-state index in [4.69, 9.17) is 11.6 Å². The van der Waals surface area contributed by atoms with Gasteiger partial charge in [0.25, 0.3) is 11.6 Å². The number of non-ortho nitro benzene ring substituents is 1. The zero-order valence-electron chi connectivity index (χ0n) is 12.7. The number of halogens is 1. The molecule has 9 heteroatoms. The first-order chi connectivity index (χ1) is 10.9. The van der Waals surface area contributed by atoms with Crippen molar-refractivity contribution in [2.24, 2.45) is 0 Å². The summed E-state index contributed by atoms with van der Waals surface area (Å²) in [6.07, 6.45) is 0. The largest absolute Gasteiger partial charge is 0.332 e. The van der Waals surface area contributed by atoms with Gasteiger partial charge in [-0.15, -0.1) is 0 Å². The lowest BCUT2D eigenvalue weighted by atomic mass is 10.2. The number of piperazine rings is 1. The van der Waals surface area contributed by atoms with Crippen molar-refractivity contribution in [2.45, 2.75) is 6.92 Å². The van der Waals surface area contributed by atoms with Crippen LogP contribution < -0.4 is 10.2 Å². The Bertz CT molecular complexity index is 629. The number of nitrogens with zero attached hydrogens (tertiary/aromatic N) is 2. The van der Waals surface area contributed by atoms with E-state index in [1.54, 1.807) is 4.90 Å². The van der Waals surface area contributed by atoms with Crippen LogP contribution >= 0.6 is 11.6 Å². The Morgan fingerprint density at radius 3 is 2.57 bits per heavy atom. The van der Waals surface area contributed by atoms with Gasteiger partial charge in [0.2, 0.25) is 5.91 Å². The van der Waals surface area contributed by atoms with Gasteiger partial charge in [-0.2, -0.15) is 0 Å². The first-order valence-electron chi connectivity index (χ1n) is 7.19. The predicted octanol–water partition coefficient (Wildman–Crippen LogP) is -0.0663. The van der Waals surface area contributed by atoms with Crippen LogP contribution in [-0.4, -0.2) is 54.4 Å². The second-order valence-corrected chi connectivity index (χ2v) is 5.81. The first-order valence-corrected chi connectivity index (χ1v) is 7.57. The van der Waals surface area contributed by atoms with E-state index in [9.17, 15) is 19.7 Å². The number of anilines is 1. The highest BCUT2D eigenvalue weighted by Gasteiger charge is 2.23. The highest BCUT2D eigenvalue weighted by molar-refractivity contribution is 6.33. The van der Waals surface area contributed by atoms with E-state index >= 15 is 0 Å². The van der Waals surface area contributed by atoms with Crippen molar-refractivity contribution < 1.29 is 19.4 Å². The number of benzene rings is 1. The minimum Gasteiger partial charge on any atom is -0.332 e. The summed E-state index contributed by atoms with van der Waals surface area (Å²) in [5, 5.41) is 13.4. The number of carbonyl (C=O) groups is 2. The molecule has 0 radical (unpaired) electrons. The number of amides is 2. The molecule has 0 aromatic heterocycles. The third-order valence-electron chi connectivity index (χ3n) is 3.76. The zero-order valence-corrected chi connectivity index (χ0v) is 13.4. The van der Waals surface area contributed by atoms with Gasteiger partial charge >= 0.3 is 0 Å². The Morgan fingerprint density at radius 2 is 2.04 bits per heavy atom. The fourth-order valence-electron chi connectivity index (χ4n) is 2.46. The van der Waals surface area contributed by atoms with Gasteiger partial charge in [-0.1, -0.05) is 11.6 Å². The molecule has 0 atom stereocenters. The maximum Gasteiger partial charge on any atom is 0.279 e. The van der Waals surface area contributed by atoms with Crippen molar-refractivity contribution in [3.05, 3.63) is 33.3 Å². The van der Waals surface area contributed by atoms with Crippen LogP contribution in [0.4, 0.5) is 11.4 Å². The molecular formula is C14H18ClN4O4+. The molecule has 2 rings (SSSR count). The third kappa shape index (κ3) is 4.64. The Labute approximate surface area is 138 Å². The first kappa shape index (κ1) is 17.2. The number of carbonyl (C=O) groups excluding carboxylic acids is 2. The van der Waals surface area contributed by atoms with E-state index in [2.05, 4.69) is 5.32 Å². The Hall–Kier alpha value is -2.19. The molecule has 23 heavy (non-hydrogen) atoms. The standard InChI is InChI=1S/C14H17ClN4O4/c1-10(20)18-6-4-17(5-7-18)9-14(21)16-13-3-2-11(19(22)23)8-12(13)15/h2-3,8H,4-7,9H2,1H3,(H,16,21)/p+1. The molecule has 1 saturated heterocycles. The van der Waals surface area contributed by atoms with Crippen molar-refractivity contribution >= 4 is 34.8 Å². The molecule has 8 nitrogen and oxygen atoms in total. The van der Waals surface area contributed by atoms with Crippen LogP contribution in [0.2, 0.25) is 5.02 Å². The summed E-state index contributed by atoms with van der Waals surface area (Å²) in [5.74, 6) is -0.168. The molecule has 0 saturated carbocycles. The molecule has 1 aliphatic heterocycles. The van der Waals surface area contributed by atoms with Crippen molar-refractivity contribution in [3.63, 3.8) is 0 Å².